The molecule has 0 amide bonds. The van der Waals surface area contributed by atoms with E-state index in [4.69, 9.17) is 5.11 Å². The highest BCUT2D eigenvalue weighted by atomic mass is 32.2. The van der Waals surface area contributed by atoms with E-state index in [1.54, 1.807) is 11.8 Å². The Labute approximate surface area is 154 Å². The fourth-order valence-corrected chi connectivity index (χ4v) is 5.43. The Kier molecular flexibility index (Phi) is 5.70. The lowest BCUT2D eigenvalue weighted by Gasteiger charge is -2.48. The summed E-state index contributed by atoms with van der Waals surface area (Å²) >= 11 is 1.54. The second kappa shape index (κ2) is 7.79. The fraction of sp³-hybridized carbons (Fsp3) is 0.476. The maximum absolute atomic E-state index is 10.8. The molecule has 25 heavy (non-hydrogen) atoms. The SMILES string of the molecule is C=CCN1C[C@H](CSCC(=O)O)C[C@@H]2c3cccc(C)c3C(=C)C[C@H]21. The summed E-state index contributed by atoms with van der Waals surface area (Å²) in [4.78, 5) is 13.4. The van der Waals surface area contributed by atoms with Crippen LogP contribution in [-0.4, -0.2) is 46.6 Å². The normalized spacial score (nSPS) is 26.0. The molecule has 3 atom stereocenters. The number of aliphatic carboxylic acids is 1. The predicted molar refractivity (Wildman–Crippen MR) is 106 cm³/mol. The van der Waals surface area contributed by atoms with E-state index >= 15 is 0 Å². The summed E-state index contributed by atoms with van der Waals surface area (Å²) in [6.45, 7) is 12.4. The number of nitrogens with zero attached hydrogens (tertiary/aromatic N) is 1. The zero-order valence-corrected chi connectivity index (χ0v) is 15.7. The molecule has 1 aliphatic heterocycles. The largest absolute Gasteiger partial charge is 0.481 e. The van der Waals surface area contributed by atoms with Gasteiger partial charge in [-0.15, -0.1) is 18.3 Å². The van der Waals surface area contributed by atoms with E-state index in [1.165, 1.54) is 22.3 Å². The molecular weight excluding hydrogens is 330 g/mol. The lowest BCUT2D eigenvalue weighted by molar-refractivity contribution is -0.133. The van der Waals surface area contributed by atoms with Crippen molar-refractivity contribution in [2.75, 3.05) is 24.6 Å². The van der Waals surface area contributed by atoms with Gasteiger partial charge in [0, 0.05) is 25.0 Å². The highest BCUT2D eigenvalue weighted by Crippen LogP contribution is 2.47. The van der Waals surface area contributed by atoms with Gasteiger partial charge in [0.2, 0.25) is 0 Å². The molecule has 1 fully saturated rings. The van der Waals surface area contributed by atoms with Gasteiger partial charge < -0.3 is 5.11 Å². The number of thioether (sulfide) groups is 1. The summed E-state index contributed by atoms with van der Waals surface area (Å²) < 4.78 is 0. The molecule has 3 rings (SSSR count). The topological polar surface area (TPSA) is 40.5 Å². The minimum absolute atomic E-state index is 0.193. The second-order valence-corrected chi connectivity index (χ2v) is 8.30. The first-order valence-electron chi connectivity index (χ1n) is 8.93. The predicted octanol–water partition coefficient (Wildman–Crippen LogP) is 4.19. The van der Waals surface area contributed by atoms with Gasteiger partial charge in [-0.3, -0.25) is 9.69 Å². The van der Waals surface area contributed by atoms with E-state index in [0.29, 0.717) is 17.9 Å². The molecular formula is C21H27NO2S. The third kappa shape index (κ3) is 3.85. The Bertz CT molecular complexity index is 684. The molecule has 1 aromatic carbocycles. The quantitative estimate of drug-likeness (QED) is 0.775. The lowest BCUT2D eigenvalue weighted by atomic mass is 9.69. The van der Waals surface area contributed by atoms with Crippen LogP contribution in [0.2, 0.25) is 0 Å². The first-order valence-corrected chi connectivity index (χ1v) is 10.1. The number of aryl methyl sites for hydroxylation is 1. The maximum atomic E-state index is 10.8. The van der Waals surface area contributed by atoms with Gasteiger partial charge in [0.15, 0.2) is 0 Å². The zero-order chi connectivity index (χ0) is 18.0. The number of hydrogen-bond donors (Lipinski definition) is 1. The number of fused-ring (bicyclic) bond motifs is 3. The molecule has 0 radical (unpaired) electrons. The lowest BCUT2D eigenvalue weighted by Crippen LogP contribution is -2.49. The van der Waals surface area contributed by atoms with Gasteiger partial charge in [0.05, 0.1) is 5.75 Å². The number of hydrogen-bond acceptors (Lipinski definition) is 3. The van der Waals surface area contributed by atoms with E-state index in [0.717, 1.165) is 31.7 Å². The average molecular weight is 358 g/mol. The Balaban J connectivity index is 1.86. The molecule has 0 saturated carbocycles. The molecule has 3 nitrogen and oxygen atoms in total. The van der Waals surface area contributed by atoms with E-state index < -0.39 is 5.97 Å². The average Bonchev–Trinajstić information content (AvgIpc) is 2.56. The van der Waals surface area contributed by atoms with Crippen molar-refractivity contribution in [1.29, 1.82) is 0 Å². The van der Waals surface area contributed by atoms with Gasteiger partial charge in [-0.05, 0) is 53.7 Å². The molecule has 0 unspecified atom stereocenters. The zero-order valence-electron chi connectivity index (χ0n) is 14.9. The van der Waals surface area contributed by atoms with Gasteiger partial charge in [0.25, 0.3) is 0 Å². The third-order valence-electron chi connectivity index (χ3n) is 5.47. The second-order valence-electron chi connectivity index (χ2n) is 7.27. The number of carbonyl (C=O) groups is 1. The van der Waals surface area contributed by atoms with Gasteiger partial charge in [-0.1, -0.05) is 30.9 Å². The van der Waals surface area contributed by atoms with Crippen LogP contribution >= 0.6 is 11.8 Å². The van der Waals surface area contributed by atoms with Crippen molar-refractivity contribution in [1.82, 2.24) is 4.90 Å². The summed E-state index contributed by atoms with van der Waals surface area (Å²) in [6.07, 6.45) is 4.14. The Morgan fingerprint density at radius 1 is 1.48 bits per heavy atom. The highest BCUT2D eigenvalue weighted by molar-refractivity contribution is 7.99. The summed E-state index contributed by atoms with van der Waals surface area (Å²) in [6, 6.07) is 7.09. The van der Waals surface area contributed by atoms with Crippen molar-refractivity contribution in [3.63, 3.8) is 0 Å². The number of likely N-dealkylation sites (tertiary alicyclic amines) is 1. The van der Waals surface area contributed by atoms with E-state index in [-0.39, 0.29) is 5.75 Å². The number of benzene rings is 1. The molecule has 1 saturated heterocycles. The van der Waals surface area contributed by atoms with Crippen LogP contribution in [0.15, 0.2) is 37.4 Å². The molecule has 1 N–H and O–H groups in total. The van der Waals surface area contributed by atoms with Crippen LogP contribution in [0.4, 0.5) is 0 Å². The van der Waals surface area contributed by atoms with Crippen LogP contribution in [-0.2, 0) is 4.79 Å². The van der Waals surface area contributed by atoms with Crippen LogP contribution in [0.25, 0.3) is 5.57 Å². The number of rotatable bonds is 6. The smallest absolute Gasteiger partial charge is 0.313 e. The first-order chi connectivity index (χ1) is 12.0. The minimum Gasteiger partial charge on any atom is -0.481 e. The van der Waals surface area contributed by atoms with E-state index in [2.05, 4.69) is 43.2 Å². The van der Waals surface area contributed by atoms with Gasteiger partial charge >= 0.3 is 5.97 Å². The van der Waals surface area contributed by atoms with Crippen molar-refractivity contribution < 1.29 is 9.90 Å². The number of carboxylic acid groups (broad SMARTS) is 1. The van der Waals surface area contributed by atoms with Gasteiger partial charge in [-0.25, -0.2) is 0 Å². The van der Waals surface area contributed by atoms with Gasteiger partial charge in [0.1, 0.15) is 0 Å². The molecule has 1 aromatic rings. The summed E-state index contributed by atoms with van der Waals surface area (Å²) in [5.41, 5.74) is 5.37. The fourth-order valence-electron chi connectivity index (χ4n) is 4.56. The number of piperidine rings is 1. The molecule has 0 bridgehead atoms. The summed E-state index contributed by atoms with van der Waals surface area (Å²) in [7, 11) is 0. The molecule has 1 aliphatic carbocycles. The van der Waals surface area contributed by atoms with Crippen molar-refractivity contribution in [3.8, 4) is 0 Å². The third-order valence-corrected chi connectivity index (χ3v) is 6.63. The molecule has 2 aliphatic rings. The van der Waals surface area contributed by atoms with E-state index in [9.17, 15) is 4.79 Å². The molecule has 0 aromatic heterocycles. The number of carboxylic acids is 1. The van der Waals surface area contributed by atoms with Gasteiger partial charge in [-0.2, -0.15) is 0 Å². The van der Waals surface area contributed by atoms with E-state index in [1.807, 2.05) is 6.08 Å². The monoisotopic (exact) mass is 357 g/mol. The molecule has 134 valence electrons. The summed E-state index contributed by atoms with van der Waals surface area (Å²) in [5.74, 6) is 1.40. The molecule has 0 spiro atoms. The van der Waals surface area contributed by atoms with Crippen LogP contribution < -0.4 is 0 Å². The van der Waals surface area contributed by atoms with Crippen LogP contribution in [0.3, 0.4) is 0 Å². The van der Waals surface area contributed by atoms with Crippen LogP contribution in [0, 0.1) is 12.8 Å². The van der Waals surface area contributed by atoms with Crippen molar-refractivity contribution >= 4 is 23.3 Å². The Morgan fingerprint density at radius 3 is 3.00 bits per heavy atom. The standard InChI is InChI=1S/C21H27NO2S/c1-4-8-22-11-16(12-25-13-20(23)24)10-18-17-7-5-6-14(2)21(17)15(3)9-19(18)22/h4-7,16,18-19H,1,3,8-13H2,2H3,(H,23,24)/t16-,18-,19-/m1/s1. The minimum atomic E-state index is -0.725. The summed E-state index contributed by atoms with van der Waals surface area (Å²) in [5, 5.41) is 8.90. The molecule has 1 heterocycles. The van der Waals surface area contributed by atoms with Crippen molar-refractivity contribution in [3.05, 3.63) is 54.1 Å². The highest BCUT2D eigenvalue weighted by Gasteiger charge is 2.40. The van der Waals surface area contributed by atoms with Crippen LogP contribution in [0.1, 0.15) is 35.4 Å². The van der Waals surface area contributed by atoms with Crippen LogP contribution in [0.5, 0.6) is 0 Å². The Hall–Kier alpha value is -1.52. The maximum Gasteiger partial charge on any atom is 0.313 e. The molecule has 4 heteroatoms. The Morgan fingerprint density at radius 2 is 2.28 bits per heavy atom. The first kappa shape index (κ1) is 18.3. The van der Waals surface area contributed by atoms with Crippen molar-refractivity contribution in [2.24, 2.45) is 5.92 Å². The van der Waals surface area contributed by atoms with Crippen molar-refractivity contribution in [2.45, 2.75) is 31.7 Å².